The molecule has 9 atom stereocenters. The summed E-state index contributed by atoms with van der Waals surface area (Å²) in [5, 5.41) is 53.7. The van der Waals surface area contributed by atoms with Gasteiger partial charge in [-0.1, -0.05) is 86.7 Å². The number of carbonyl (C=O) groups is 5. The average molecular weight is 755 g/mol. The van der Waals surface area contributed by atoms with Crippen LogP contribution in [-0.4, -0.2) is 96.8 Å². The molecule has 4 rings (SSSR count). The molecule has 2 unspecified atom stereocenters. The molecule has 2 bridgehead atoms. The van der Waals surface area contributed by atoms with Crippen molar-refractivity contribution in [1.82, 2.24) is 0 Å². The molecule has 0 radical (unpaired) electrons. The number of hydrogen-bond acceptors (Lipinski definition) is 11. The van der Waals surface area contributed by atoms with E-state index in [9.17, 15) is 49.5 Å². The number of fused-ring (bicyclic) bond motifs is 2. The largest absolute Gasteiger partial charge is 0.479 e. The second-order valence-corrected chi connectivity index (χ2v) is 14.2. The maximum Gasteiger partial charge on any atom is 0.344 e. The van der Waals surface area contributed by atoms with Gasteiger partial charge < -0.3 is 44.5 Å². The number of aliphatic carboxylic acids is 3. The van der Waals surface area contributed by atoms with Crippen LogP contribution in [0.4, 0.5) is 0 Å². The average Bonchev–Trinajstić information content (AvgIpc) is 3.33. The Morgan fingerprint density at radius 3 is 2.09 bits per heavy atom. The topological polar surface area (TPSA) is 223 Å². The second kappa shape index (κ2) is 18.1. The molecule has 54 heavy (non-hydrogen) atoms. The summed E-state index contributed by atoms with van der Waals surface area (Å²) in [6.45, 7) is 5.12. The summed E-state index contributed by atoms with van der Waals surface area (Å²) in [4.78, 5) is 63.2. The van der Waals surface area contributed by atoms with Gasteiger partial charge in [0, 0.05) is 19.8 Å². The van der Waals surface area contributed by atoms with Crippen LogP contribution >= 0.6 is 0 Å². The number of aliphatic hydroxyl groups is 2. The molecule has 294 valence electrons. The third-order valence-electron chi connectivity index (χ3n) is 10.2. The molecule has 2 saturated heterocycles. The first-order valence-corrected chi connectivity index (χ1v) is 18.2. The minimum Gasteiger partial charge on any atom is -0.479 e. The Kier molecular flexibility index (Phi) is 14.1. The normalized spacial score (nSPS) is 27.8. The molecule has 14 heteroatoms. The molecule has 2 aliphatic rings. The van der Waals surface area contributed by atoms with Crippen LogP contribution in [0, 0.1) is 11.8 Å². The summed E-state index contributed by atoms with van der Waals surface area (Å²) in [5.41, 5.74) is -5.16. The molecule has 0 aromatic heterocycles. The first-order valence-electron chi connectivity index (χ1n) is 18.2. The smallest absolute Gasteiger partial charge is 0.344 e. The standard InChI is InChI=1S/C40H50O14/c1-25(15-12-20-28-16-6-4-7-17-28)14-10-11-22-31(42)52-33-32(43)38(53-34(35(44)45)39(50,36(46)47)40(33,54-38)37(48)49)23-13-21-30(51-27(3)41)26(2)24-29-18-8-5-9-19-29/h4-10,14,16-19,25-26,30,32-34,43,50H,11-13,15,20-24H2,1-3H3,(H,44,45)(H,46,47)(H,48,49)/b14-10+/t25-,26+,30+,32+,33-,34+,38?,39+,40?/m0/s1. The van der Waals surface area contributed by atoms with E-state index < -0.39 is 77.7 Å². The van der Waals surface area contributed by atoms with E-state index in [2.05, 4.69) is 12.1 Å². The van der Waals surface area contributed by atoms with Crippen molar-refractivity contribution in [2.24, 2.45) is 11.8 Å². The fraction of sp³-hybridized carbons (Fsp3) is 0.525. The van der Waals surface area contributed by atoms with Gasteiger partial charge in [-0.15, -0.1) is 0 Å². The van der Waals surface area contributed by atoms with Crippen LogP contribution in [-0.2, 0) is 55.8 Å². The minimum absolute atomic E-state index is 0.0311. The van der Waals surface area contributed by atoms with Crippen molar-refractivity contribution >= 4 is 29.8 Å². The van der Waals surface area contributed by atoms with Crippen molar-refractivity contribution < 1.29 is 68.5 Å². The number of carboxylic acid groups (broad SMARTS) is 3. The van der Waals surface area contributed by atoms with Crippen molar-refractivity contribution in [3.8, 4) is 0 Å². The number of hydrogen-bond donors (Lipinski definition) is 5. The maximum atomic E-state index is 13.2. The summed E-state index contributed by atoms with van der Waals surface area (Å²) >= 11 is 0. The van der Waals surface area contributed by atoms with Crippen LogP contribution in [0.3, 0.4) is 0 Å². The highest BCUT2D eigenvalue weighted by atomic mass is 16.8. The molecule has 2 fully saturated rings. The Morgan fingerprint density at radius 1 is 0.889 bits per heavy atom. The first kappa shape index (κ1) is 42.1. The number of carbonyl (C=O) groups excluding carboxylic acids is 2. The van der Waals surface area contributed by atoms with Gasteiger partial charge in [0.25, 0.3) is 0 Å². The van der Waals surface area contributed by atoms with Crippen molar-refractivity contribution in [3.05, 3.63) is 83.9 Å². The van der Waals surface area contributed by atoms with E-state index in [1.165, 1.54) is 12.5 Å². The third kappa shape index (κ3) is 9.17. The summed E-state index contributed by atoms with van der Waals surface area (Å²) < 4.78 is 22.2. The highest BCUT2D eigenvalue weighted by molar-refractivity contribution is 5.98. The number of esters is 2. The van der Waals surface area contributed by atoms with E-state index in [0.717, 1.165) is 24.8 Å². The van der Waals surface area contributed by atoms with E-state index in [1.54, 1.807) is 6.08 Å². The van der Waals surface area contributed by atoms with E-state index in [1.807, 2.05) is 68.5 Å². The molecule has 2 heterocycles. The molecule has 0 aliphatic carbocycles. The number of rotatable bonds is 20. The quantitative estimate of drug-likeness (QED) is 0.0950. The predicted molar refractivity (Wildman–Crippen MR) is 191 cm³/mol. The lowest BCUT2D eigenvalue weighted by molar-refractivity contribution is -0.374. The van der Waals surface area contributed by atoms with E-state index >= 15 is 0 Å². The number of allylic oxidation sites excluding steroid dienone is 2. The van der Waals surface area contributed by atoms with Crippen LogP contribution in [0.1, 0.15) is 76.8 Å². The fourth-order valence-corrected chi connectivity index (χ4v) is 7.38. The van der Waals surface area contributed by atoms with Crippen LogP contribution in [0.25, 0.3) is 0 Å². The number of benzene rings is 2. The molecule has 0 saturated carbocycles. The van der Waals surface area contributed by atoms with Gasteiger partial charge in [0.2, 0.25) is 23.1 Å². The van der Waals surface area contributed by atoms with Crippen molar-refractivity contribution in [3.63, 3.8) is 0 Å². The zero-order valence-electron chi connectivity index (χ0n) is 30.7. The number of aryl methyl sites for hydroxylation is 1. The van der Waals surface area contributed by atoms with Crippen molar-refractivity contribution in [1.29, 1.82) is 0 Å². The van der Waals surface area contributed by atoms with E-state index in [0.29, 0.717) is 6.42 Å². The SMILES string of the molecule is CC(=O)O[C@H](CCCC12O[C@H](C(=O)O)[C@@](O)(C(=O)O)C(C(=O)O)(O1)[C@@H](OC(=O)CC/C=C/[C@H](C)CCCc1ccccc1)[C@H]2O)[C@H](C)Cc1ccccc1. The number of aliphatic hydroxyl groups excluding tert-OH is 1. The van der Waals surface area contributed by atoms with Gasteiger partial charge in [0.1, 0.15) is 12.2 Å². The van der Waals surface area contributed by atoms with Gasteiger partial charge in [0.05, 0.1) is 0 Å². The Balaban J connectivity index is 1.51. The molecule has 2 aliphatic heterocycles. The van der Waals surface area contributed by atoms with Crippen LogP contribution in [0.15, 0.2) is 72.8 Å². The van der Waals surface area contributed by atoms with Gasteiger partial charge in [-0.2, -0.15) is 0 Å². The highest BCUT2D eigenvalue weighted by Crippen LogP contribution is 2.55. The molecule has 0 spiro atoms. The minimum atomic E-state index is -3.86. The monoisotopic (exact) mass is 754 g/mol. The molecule has 14 nitrogen and oxygen atoms in total. The van der Waals surface area contributed by atoms with Gasteiger partial charge >= 0.3 is 29.8 Å². The lowest BCUT2D eigenvalue weighted by Crippen LogP contribution is -2.78. The third-order valence-corrected chi connectivity index (χ3v) is 10.2. The van der Waals surface area contributed by atoms with Gasteiger partial charge in [-0.05, 0) is 67.9 Å². The predicted octanol–water partition coefficient (Wildman–Crippen LogP) is 4.08. The Hall–Kier alpha value is -4.63. The van der Waals surface area contributed by atoms with Crippen molar-refractivity contribution in [2.45, 2.75) is 120 Å². The zero-order chi connectivity index (χ0) is 39.7. The van der Waals surface area contributed by atoms with Gasteiger partial charge in [0.15, 0.2) is 6.10 Å². The summed E-state index contributed by atoms with van der Waals surface area (Å²) in [6.07, 6.45) is -1.75. The first-order chi connectivity index (χ1) is 25.6. The fourth-order valence-electron chi connectivity index (χ4n) is 7.38. The summed E-state index contributed by atoms with van der Waals surface area (Å²) in [6, 6.07) is 19.4. The Labute approximate surface area is 313 Å². The lowest BCUT2D eigenvalue weighted by Gasteiger charge is -2.48. The molecular formula is C40H50O14. The van der Waals surface area contributed by atoms with Gasteiger partial charge in [-0.25, -0.2) is 14.4 Å². The van der Waals surface area contributed by atoms with E-state index in [-0.39, 0.29) is 37.5 Å². The number of carboxylic acids is 3. The molecule has 2 aromatic carbocycles. The second-order valence-electron chi connectivity index (χ2n) is 14.2. The Bertz CT molecular complexity index is 1650. The van der Waals surface area contributed by atoms with Crippen LogP contribution in [0.2, 0.25) is 0 Å². The highest BCUT2D eigenvalue weighted by Gasteiger charge is 2.85. The molecule has 0 amide bonds. The molecule has 5 N–H and O–H groups in total. The number of ether oxygens (including phenoxy) is 4. The molecular weight excluding hydrogens is 704 g/mol. The van der Waals surface area contributed by atoms with Crippen molar-refractivity contribution in [2.75, 3.05) is 0 Å². The summed E-state index contributed by atoms with van der Waals surface area (Å²) in [7, 11) is 0. The Morgan fingerprint density at radius 2 is 1.52 bits per heavy atom. The van der Waals surface area contributed by atoms with Gasteiger partial charge in [-0.3, -0.25) is 9.59 Å². The summed E-state index contributed by atoms with van der Waals surface area (Å²) in [5.74, 6) is -10.8. The van der Waals surface area contributed by atoms with Crippen LogP contribution < -0.4 is 0 Å². The van der Waals surface area contributed by atoms with Crippen LogP contribution in [0.5, 0.6) is 0 Å². The zero-order valence-corrected chi connectivity index (χ0v) is 30.7. The van der Waals surface area contributed by atoms with E-state index in [4.69, 9.17) is 18.9 Å². The molecule has 2 aromatic rings. The maximum absolute atomic E-state index is 13.2. The lowest BCUT2D eigenvalue weighted by atomic mass is 9.74.